The number of rotatable bonds is 6. The van der Waals surface area contributed by atoms with Crippen LogP contribution >= 0.6 is 23.2 Å². The van der Waals surface area contributed by atoms with Crippen LogP contribution in [-0.2, 0) is 24.5 Å². The van der Waals surface area contributed by atoms with Gasteiger partial charge in [-0.1, -0.05) is 37.3 Å². The highest BCUT2D eigenvalue weighted by Crippen LogP contribution is 2.72. The van der Waals surface area contributed by atoms with Gasteiger partial charge in [0, 0.05) is 31.0 Å². The Kier molecular flexibility index (Phi) is 4.66. The van der Waals surface area contributed by atoms with E-state index in [9.17, 15) is 0 Å². The fourth-order valence-electron chi connectivity index (χ4n) is 4.02. The quantitative estimate of drug-likeness (QED) is 0.693. The molecule has 2 unspecified atom stereocenters. The minimum Gasteiger partial charge on any atom is -0.369 e. The summed E-state index contributed by atoms with van der Waals surface area (Å²) >= 11 is 13.0. The van der Waals surface area contributed by atoms with E-state index in [-0.39, 0.29) is 11.3 Å². The van der Waals surface area contributed by atoms with Crippen LogP contribution in [0.4, 0.5) is 5.95 Å². The van der Waals surface area contributed by atoms with Gasteiger partial charge < -0.3 is 9.64 Å². The third kappa shape index (κ3) is 2.90. The van der Waals surface area contributed by atoms with Crippen molar-refractivity contribution in [1.82, 2.24) is 14.8 Å². The molecule has 0 amide bonds. The Balaban J connectivity index is 1.42. The monoisotopic (exact) mass is 394 g/mol. The van der Waals surface area contributed by atoms with Crippen LogP contribution in [0.25, 0.3) is 0 Å². The van der Waals surface area contributed by atoms with Crippen LogP contribution in [0, 0.1) is 11.3 Å². The molecule has 1 saturated heterocycles. The number of anilines is 1. The van der Waals surface area contributed by atoms with Gasteiger partial charge in [-0.3, -0.25) is 4.57 Å². The highest BCUT2D eigenvalue weighted by atomic mass is 35.5. The fourth-order valence-corrected chi connectivity index (χ4v) is 4.98. The first-order chi connectivity index (χ1) is 12.5. The van der Waals surface area contributed by atoms with Gasteiger partial charge in [-0.15, -0.1) is 33.4 Å². The van der Waals surface area contributed by atoms with Crippen LogP contribution in [0.2, 0.25) is 0 Å². The molecule has 1 aromatic carbocycles. The van der Waals surface area contributed by atoms with Crippen LogP contribution in [0.1, 0.15) is 31.7 Å². The molecule has 7 heteroatoms. The van der Waals surface area contributed by atoms with E-state index in [1.54, 1.807) is 0 Å². The van der Waals surface area contributed by atoms with E-state index in [0.717, 1.165) is 43.4 Å². The Bertz CT molecular complexity index is 779. The molecule has 2 fully saturated rings. The van der Waals surface area contributed by atoms with Crippen molar-refractivity contribution >= 4 is 29.2 Å². The average molecular weight is 395 g/mol. The molecule has 2 atom stereocenters. The van der Waals surface area contributed by atoms with Crippen LogP contribution in [0.5, 0.6) is 0 Å². The second kappa shape index (κ2) is 6.70. The first kappa shape index (κ1) is 18.1. The topological polar surface area (TPSA) is 43.2 Å². The number of piperidine rings is 1. The van der Waals surface area contributed by atoms with Gasteiger partial charge in [-0.25, -0.2) is 0 Å². The Morgan fingerprint density at radius 2 is 1.96 bits per heavy atom. The van der Waals surface area contributed by atoms with Crippen molar-refractivity contribution in [3.8, 4) is 0 Å². The molecule has 1 saturated carbocycles. The summed E-state index contributed by atoms with van der Waals surface area (Å²) in [4.78, 5) is 2.26. The van der Waals surface area contributed by atoms with Gasteiger partial charge in [-0.05, 0) is 18.9 Å². The molecule has 4 rings (SSSR count). The summed E-state index contributed by atoms with van der Waals surface area (Å²) in [5, 5.41) is 8.80. The molecule has 5 nitrogen and oxygen atoms in total. The molecule has 2 heterocycles. The van der Waals surface area contributed by atoms with E-state index >= 15 is 0 Å². The van der Waals surface area contributed by atoms with E-state index in [4.69, 9.17) is 27.9 Å². The van der Waals surface area contributed by atoms with Gasteiger partial charge in [0.1, 0.15) is 10.9 Å². The number of hydrogen-bond donors (Lipinski definition) is 0. The molecule has 1 aliphatic carbocycles. The van der Waals surface area contributed by atoms with Crippen molar-refractivity contribution in [3.63, 3.8) is 0 Å². The zero-order valence-electron chi connectivity index (χ0n) is 15.2. The first-order valence-corrected chi connectivity index (χ1v) is 9.89. The average Bonchev–Trinajstić information content (AvgIpc) is 2.94. The molecule has 2 aromatic rings. The van der Waals surface area contributed by atoms with E-state index in [2.05, 4.69) is 45.6 Å². The molecule has 0 radical (unpaired) electrons. The summed E-state index contributed by atoms with van der Waals surface area (Å²) in [6.45, 7) is 7.83. The summed E-state index contributed by atoms with van der Waals surface area (Å²) in [7, 11) is 0. The van der Waals surface area contributed by atoms with Crippen molar-refractivity contribution in [2.24, 2.45) is 11.3 Å². The van der Waals surface area contributed by atoms with Crippen LogP contribution in [-0.4, -0.2) is 32.2 Å². The SMILES string of the molecule is CCn1c(COCc2ccccc2)nnc1N1CCC2(C)C(C1)C2(Cl)Cl. The zero-order chi connectivity index (χ0) is 18.4. The molecule has 0 spiro atoms. The largest absolute Gasteiger partial charge is 0.369 e. The minimum atomic E-state index is -0.611. The maximum absolute atomic E-state index is 6.49. The second-order valence-corrected chi connectivity index (χ2v) is 8.81. The van der Waals surface area contributed by atoms with Crippen molar-refractivity contribution in [3.05, 3.63) is 41.7 Å². The summed E-state index contributed by atoms with van der Waals surface area (Å²) in [5.41, 5.74) is 1.19. The van der Waals surface area contributed by atoms with Gasteiger partial charge in [0.15, 0.2) is 5.82 Å². The second-order valence-electron chi connectivity index (χ2n) is 7.43. The van der Waals surface area contributed by atoms with Crippen LogP contribution in [0.15, 0.2) is 30.3 Å². The Hall–Kier alpha value is -1.30. The Labute approximate surface area is 164 Å². The van der Waals surface area contributed by atoms with Gasteiger partial charge in [-0.2, -0.15) is 0 Å². The number of halogens is 2. The molecule has 2 aliphatic rings. The van der Waals surface area contributed by atoms with Gasteiger partial charge >= 0.3 is 0 Å². The lowest BCUT2D eigenvalue weighted by Gasteiger charge is -2.30. The van der Waals surface area contributed by atoms with Crippen molar-refractivity contribution in [2.45, 2.75) is 44.4 Å². The normalized spacial score (nSPS) is 26.6. The predicted molar refractivity (Wildman–Crippen MR) is 103 cm³/mol. The maximum atomic E-state index is 6.49. The molecule has 0 bridgehead atoms. The number of ether oxygens (including phenoxy) is 1. The molecule has 1 aliphatic heterocycles. The van der Waals surface area contributed by atoms with E-state index in [1.165, 1.54) is 0 Å². The third-order valence-electron chi connectivity index (χ3n) is 5.94. The van der Waals surface area contributed by atoms with Crippen molar-refractivity contribution < 1.29 is 4.74 Å². The number of benzene rings is 1. The summed E-state index contributed by atoms with van der Waals surface area (Å²) < 4.78 is 7.36. The van der Waals surface area contributed by atoms with Gasteiger partial charge in [0.05, 0.1) is 6.61 Å². The Morgan fingerprint density at radius 1 is 1.19 bits per heavy atom. The standard InChI is InChI=1S/C19H24Cl2N4O/c1-3-25-16(13-26-12-14-7-5-4-6-8-14)22-23-17(25)24-10-9-18(2)15(11-24)19(18,20)21/h4-8,15H,3,9-13H2,1-2H3. The lowest BCUT2D eigenvalue weighted by molar-refractivity contribution is 0.0992. The number of alkyl halides is 2. The zero-order valence-corrected chi connectivity index (χ0v) is 16.7. The summed E-state index contributed by atoms with van der Waals surface area (Å²) in [5.74, 6) is 2.03. The number of aromatic nitrogens is 3. The number of hydrogen-bond acceptors (Lipinski definition) is 4. The molecule has 140 valence electrons. The lowest BCUT2D eigenvalue weighted by Crippen LogP contribution is -2.36. The third-order valence-corrected chi connectivity index (χ3v) is 7.33. The number of fused-ring (bicyclic) bond motifs is 1. The summed E-state index contributed by atoms with van der Waals surface area (Å²) in [6.07, 6.45) is 0.973. The van der Waals surface area contributed by atoms with E-state index < -0.39 is 4.33 Å². The smallest absolute Gasteiger partial charge is 0.227 e. The molecule has 26 heavy (non-hydrogen) atoms. The van der Waals surface area contributed by atoms with Crippen LogP contribution < -0.4 is 4.90 Å². The highest BCUT2D eigenvalue weighted by Gasteiger charge is 2.74. The lowest BCUT2D eigenvalue weighted by atomic mass is 9.98. The predicted octanol–water partition coefficient (Wildman–Crippen LogP) is 4.03. The van der Waals surface area contributed by atoms with Crippen molar-refractivity contribution in [1.29, 1.82) is 0 Å². The molecular formula is C19H24Cl2N4O. The fraction of sp³-hybridized carbons (Fsp3) is 0.579. The van der Waals surface area contributed by atoms with Gasteiger partial charge in [0.25, 0.3) is 0 Å². The Morgan fingerprint density at radius 3 is 2.65 bits per heavy atom. The van der Waals surface area contributed by atoms with Gasteiger partial charge in [0.2, 0.25) is 5.95 Å². The summed E-state index contributed by atoms with van der Waals surface area (Å²) in [6, 6.07) is 10.1. The maximum Gasteiger partial charge on any atom is 0.227 e. The minimum absolute atomic E-state index is 0.0330. The van der Waals surface area contributed by atoms with Crippen LogP contribution in [0.3, 0.4) is 0 Å². The molecular weight excluding hydrogens is 371 g/mol. The van der Waals surface area contributed by atoms with Crippen molar-refractivity contribution in [2.75, 3.05) is 18.0 Å². The number of nitrogens with zero attached hydrogens (tertiary/aromatic N) is 4. The first-order valence-electron chi connectivity index (χ1n) is 9.14. The highest BCUT2D eigenvalue weighted by molar-refractivity contribution is 6.52. The van der Waals surface area contributed by atoms with E-state index in [0.29, 0.717) is 13.2 Å². The molecule has 0 N–H and O–H groups in total. The van der Waals surface area contributed by atoms with E-state index in [1.807, 2.05) is 18.2 Å². The molecule has 1 aromatic heterocycles.